The Morgan fingerprint density at radius 3 is 2.95 bits per heavy atom. The predicted molar refractivity (Wildman–Crippen MR) is 83.5 cm³/mol. The smallest absolute Gasteiger partial charge is 0.147 e. The van der Waals surface area contributed by atoms with Crippen molar-refractivity contribution in [3.8, 4) is 6.07 Å². The van der Waals surface area contributed by atoms with E-state index >= 15 is 0 Å². The molecule has 1 unspecified atom stereocenters. The van der Waals surface area contributed by atoms with Gasteiger partial charge < -0.3 is 15.0 Å². The van der Waals surface area contributed by atoms with Gasteiger partial charge in [-0.1, -0.05) is 0 Å². The molecule has 0 aliphatic carbocycles. The van der Waals surface area contributed by atoms with Crippen LogP contribution in [0, 0.1) is 25.2 Å². The molecule has 1 N–H and O–H groups in total. The SMILES string of the molecule is COCCN(CC1CCCN1)c1nc(C)cc(C)c1C#N. The van der Waals surface area contributed by atoms with Gasteiger partial charge in [0, 0.05) is 31.9 Å². The summed E-state index contributed by atoms with van der Waals surface area (Å²) in [5.74, 6) is 0.792. The van der Waals surface area contributed by atoms with Crippen LogP contribution in [0.15, 0.2) is 6.07 Å². The fourth-order valence-corrected chi connectivity index (χ4v) is 2.85. The van der Waals surface area contributed by atoms with Gasteiger partial charge in [-0.25, -0.2) is 4.98 Å². The Labute approximate surface area is 126 Å². The molecule has 1 aromatic heterocycles. The molecule has 1 saturated heterocycles. The molecule has 1 aromatic rings. The Bertz CT molecular complexity index is 518. The van der Waals surface area contributed by atoms with Gasteiger partial charge in [-0.2, -0.15) is 5.26 Å². The van der Waals surface area contributed by atoms with E-state index in [1.54, 1.807) is 7.11 Å². The molecule has 1 fully saturated rings. The van der Waals surface area contributed by atoms with Gasteiger partial charge in [0.15, 0.2) is 0 Å². The van der Waals surface area contributed by atoms with Crippen molar-refractivity contribution in [2.75, 3.05) is 38.3 Å². The molecule has 0 amide bonds. The molecule has 5 nitrogen and oxygen atoms in total. The van der Waals surface area contributed by atoms with E-state index in [0.717, 1.165) is 36.7 Å². The first-order chi connectivity index (χ1) is 10.2. The van der Waals surface area contributed by atoms with Crippen molar-refractivity contribution in [2.24, 2.45) is 0 Å². The molecule has 0 spiro atoms. The number of hydrogen-bond donors (Lipinski definition) is 1. The average molecular weight is 288 g/mol. The lowest BCUT2D eigenvalue weighted by Gasteiger charge is -2.28. The summed E-state index contributed by atoms with van der Waals surface area (Å²) in [7, 11) is 1.70. The van der Waals surface area contributed by atoms with Crippen molar-refractivity contribution in [2.45, 2.75) is 32.7 Å². The number of rotatable bonds is 6. The number of methoxy groups -OCH3 is 1. The highest BCUT2D eigenvalue weighted by Gasteiger charge is 2.21. The van der Waals surface area contributed by atoms with E-state index in [9.17, 15) is 5.26 Å². The maximum atomic E-state index is 9.46. The van der Waals surface area contributed by atoms with Crippen LogP contribution in [0.3, 0.4) is 0 Å². The van der Waals surface area contributed by atoms with E-state index < -0.39 is 0 Å². The van der Waals surface area contributed by atoms with E-state index in [4.69, 9.17) is 4.74 Å². The molecule has 0 radical (unpaired) electrons. The summed E-state index contributed by atoms with van der Waals surface area (Å²) in [6.45, 7) is 7.27. The number of nitrogens with one attached hydrogen (secondary N) is 1. The van der Waals surface area contributed by atoms with Crippen molar-refractivity contribution in [3.63, 3.8) is 0 Å². The van der Waals surface area contributed by atoms with Gasteiger partial charge in [0.25, 0.3) is 0 Å². The molecule has 21 heavy (non-hydrogen) atoms. The van der Waals surface area contributed by atoms with E-state index in [1.165, 1.54) is 12.8 Å². The topological polar surface area (TPSA) is 61.2 Å². The molecular weight excluding hydrogens is 264 g/mol. The summed E-state index contributed by atoms with van der Waals surface area (Å²) >= 11 is 0. The number of aryl methyl sites for hydroxylation is 2. The number of pyridine rings is 1. The van der Waals surface area contributed by atoms with Crippen molar-refractivity contribution in [1.29, 1.82) is 5.26 Å². The fraction of sp³-hybridized carbons (Fsp3) is 0.625. The van der Waals surface area contributed by atoms with Crippen LogP contribution in [-0.4, -0.2) is 44.4 Å². The molecular formula is C16H24N4O. The first kappa shape index (κ1) is 15.7. The van der Waals surface area contributed by atoms with Crippen LogP contribution in [0.1, 0.15) is 29.7 Å². The zero-order chi connectivity index (χ0) is 15.2. The second-order valence-electron chi connectivity index (χ2n) is 5.62. The molecule has 2 rings (SSSR count). The molecule has 1 aliphatic rings. The Kier molecular flexibility index (Phi) is 5.54. The highest BCUT2D eigenvalue weighted by molar-refractivity contribution is 5.58. The lowest BCUT2D eigenvalue weighted by atomic mass is 10.1. The summed E-state index contributed by atoms with van der Waals surface area (Å²) in [5, 5.41) is 13.0. The monoisotopic (exact) mass is 288 g/mol. The first-order valence-electron chi connectivity index (χ1n) is 7.51. The summed E-state index contributed by atoms with van der Waals surface area (Å²) in [6, 6.07) is 4.74. The molecule has 0 saturated carbocycles. The van der Waals surface area contributed by atoms with Crippen molar-refractivity contribution in [1.82, 2.24) is 10.3 Å². The van der Waals surface area contributed by atoms with Gasteiger partial charge >= 0.3 is 0 Å². The van der Waals surface area contributed by atoms with Crippen molar-refractivity contribution >= 4 is 5.82 Å². The zero-order valence-corrected chi connectivity index (χ0v) is 13.1. The minimum absolute atomic E-state index is 0.469. The molecule has 2 heterocycles. The maximum Gasteiger partial charge on any atom is 0.147 e. The van der Waals surface area contributed by atoms with E-state index in [1.807, 2.05) is 19.9 Å². The molecule has 1 aliphatic heterocycles. The average Bonchev–Trinajstić information content (AvgIpc) is 2.95. The second kappa shape index (κ2) is 7.39. The van der Waals surface area contributed by atoms with Crippen LogP contribution < -0.4 is 10.2 Å². The largest absolute Gasteiger partial charge is 0.383 e. The Hall–Kier alpha value is -1.64. The first-order valence-corrected chi connectivity index (χ1v) is 7.51. The third-order valence-electron chi connectivity index (χ3n) is 3.91. The van der Waals surface area contributed by atoms with E-state index in [-0.39, 0.29) is 0 Å². The molecule has 114 valence electrons. The number of ether oxygens (including phenoxy) is 1. The number of nitriles is 1. The Balaban J connectivity index is 2.28. The summed E-state index contributed by atoms with van der Waals surface area (Å²) in [4.78, 5) is 6.81. The van der Waals surface area contributed by atoms with Gasteiger partial charge in [-0.3, -0.25) is 0 Å². The zero-order valence-electron chi connectivity index (χ0n) is 13.1. The summed E-state index contributed by atoms with van der Waals surface area (Å²) in [5.41, 5.74) is 2.61. The minimum atomic E-state index is 0.469. The highest BCUT2D eigenvalue weighted by atomic mass is 16.5. The third-order valence-corrected chi connectivity index (χ3v) is 3.91. The van der Waals surface area contributed by atoms with E-state index in [2.05, 4.69) is 21.3 Å². The van der Waals surface area contributed by atoms with Gasteiger partial charge in [0.05, 0.1) is 12.2 Å². The predicted octanol–water partition coefficient (Wildman–Crippen LogP) is 1.77. The normalized spacial score (nSPS) is 17.7. The van der Waals surface area contributed by atoms with Gasteiger partial charge in [-0.05, 0) is 44.9 Å². The Morgan fingerprint density at radius 2 is 2.33 bits per heavy atom. The van der Waals surface area contributed by atoms with Crippen molar-refractivity contribution < 1.29 is 4.74 Å². The Morgan fingerprint density at radius 1 is 1.52 bits per heavy atom. The molecule has 5 heteroatoms. The lowest BCUT2D eigenvalue weighted by molar-refractivity contribution is 0.204. The fourth-order valence-electron chi connectivity index (χ4n) is 2.85. The summed E-state index contributed by atoms with van der Waals surface area (Å²) < 4.78 is 5.22. The van der Waals surface area contributed by atoms with Gasteiger partial charge in [0.1, 0.15) is 11.9 Å². The number of nitrogens with zero attached hydrogens (tertiary/aromatic N) is 3. The standard InChI is InChI=1S/C16H24N4O/c1-12-9-13(2)19-16(15(12)10-17)20(7-8-21-3)11-14-5-4-6-18-14/h9,14,18H,4-8,11H2,1-3H3. The quantitative estimate of drug-likeness (QED) is 0.864. The van der Waals surface area contributed by atoms with Crippen LogP contribution in [0.4, 0.5) is 5.82 Å². The van der Waals surface area contributed by atoms with Gasteiger partial charge in [-0.15, -0.1) is 0 Å². The molecule has 0 bridgehead atoms. The number of aromatic nitrogens is 1. The minimum Gasteiger partial charge on any atom is -0.383 e. The van der Waals surface area contributed by atoms with Crippen LogP contribution in [0.25, 0.3) is 0 Å². The number of anilines is 1. The number of hydrogen-bond acceptors (Lipinski definition) is 5. The van der Waals surface area contributed by atoms with Crippen LogP contribution in [-0.2, 0) is 4.74 Å². The second-order valence-corrected chi connectivity index (χ2v) is 5.62. The van der Waals surface area contributed by atoms with Gasteiger partial charge in [0.2, 0.25) is 0 Å². The third kappa shape index (κ3) is 3.93. The van der Waals surface area contributed by atoms with E-state index in [0.29, 0.717) is 18.2 Å². The molecule has 0 aromatic carbocycles. The summed E-state index contributed by atoms with van der Waals surface area (Å²) in [6.07, 6.45) is 2.39. The van der Waals surface area contributed by atoms with Crippen LogP contribution >= 0.6 is 0 Å². The van der Waals surface area contributed by atoms with Crippen molar-refractivity contribution in [3.05, 3.63) is 22.9 Å². The van der Waals surface area contributed by atoms with Crippen LogP contribution in [0.2, 0.25) is 0 Å². The lowest BCUT2D eigenvalue weighted by Crippen LogP contribution is -2.40. The highest BCUT2D eigenvalue weighted by Crippen LogP contribution is 2.23. The molecule has 1 atom stereocenters. The maximum absolute atomic E-state index is 9.46. The van der Waals surface area contributed by atoms with Crippen LogP contribution in [0.5, 0.6) is 0 Å².